The standard InChI is InChI=1S/C21H30N4O2/c26-19(24-14-9-21(10-15-24)8-11-22-16-21)17-6-12-25(13-7-17)20(27)23-18-4-2-1-3-5-18/h1-5,17,22H,6-16H2,(H,23,27). The number of piperidine rings is 2. The molecule has 1 spiro atoms. The summed E-state index contributed by atoms with van der Waals surface area (Å²) in [5.74, 6) is 0.375. The molecule has 0 atom stereocenters. The van der Waals surface area contributed by atoms with Crippen molar-refractivity contribution in [3.05, 3.63) is 30.3 Å². The number of likely N-dealkylation sites (tertiary alicyclic amines) is 2. The van der Waals surface area contributed by atoms with E-state index in [1.807, 2.05) is 35.2 Å². The first-order valence-electron chi connectivity index (χ1n) is 10.3. The molecular weight excluding hydrogens is 340 g/mol. The van der Waals surface area contributed by atoms with Crippen molar-refractivity contribution in [3.63, 3.8) is 0 Å². The number of amides is 3. The zero-order valence-corrected chi connectivity index (χ0v) is 16.0. The van der Waals surface area contributed by atoms with Gasteiger partial charge in [-0.1, -0.05) is 18.2 Å². The second-order valence-electron chi connectivity index (χ2n) is 8.31. The van der Waals surface area contributed by atoms with Crippen LogP contribution in [0.25, 0.3) is 0 Å². The summed E-state index contributed by atoms with van der Waals surface area (Å²) in [6, 6.07) is 9.45. The molecule has 3 amide bonds. The number of nitrogens with zero attached hydrogens (tertiary/aromatic N) is 2. The van der Waals surface area contributed by atoms with Crippen LogP contribution in [0.4, 0.5) is 10.5 Å². The highest BCUT2D eigenvalue weighted by molar-refractivity contribution is 5.89. The van der Waals surface area contributed by atoms with Gasteiger partial charge in [0.15, 0.2) is 0 Å². The Morgan fingerprint density at radius 2 is 1.67 bits per heavy atom. The molecule has 3 saturated heterocycles. The van der Waals surface area contributed by atoms with Gasteiger partial charge in [0.2, 0.25) is 5.91 Å². The van der Waals surface area contributed by atoms with Crippen LogP contribution >= 0.6 is 0 Å². The molecule has 3 aliphatic rings. The summed E-state index contributed by atoms with van der Waals surface area (Å²) < 4.78 is 0. The molecule has 0 unspecified atom stereocenters. The Bertz CT molecular complexity index is 654. The number of hydrogen-bond donors (Lipinski definition) is 2. The van der Waals surface area contributed by atoms with Crippen LogP contribution in [0.3, 0.4) is 0 Å². The second-order valence-corrected chi connectivity index (χ2v) is 8.31. The number of para-hydroxylation sites is 1. The Labute approximate surface area is 161 Å². The van der Waals surface area contributed by atoms with Crippen molar-refractivity contribution < 1.29 is 9.59 Å². The Morgan fingerprint density at radius 3 is 2.30 bits per heavy atom. The van der Waals surface area contributed by atoms with Crippen LogP contribution in [0, 0.1) is 11.3 Å². The maximum atomic E-state index is 12.9. The summed E-state index contributed by atoms with van der Waals surface area (Å²) in [4.78, 5) is 29.2. The van der Waals surface area contributed by atoms with Gasteiger partial charge in [-0.15, -0.1) is 0 Å². The SMILES string of the molecule is O=C(Nc1ccccc1)N1CCC(C(=O)N2CCC3(CCNC3)CC2)CC1. The zero-order chi connectivity index (χ0) is 18.7. The van der Waals surface area contributed by atoms with Gasteiger partial charge in [-0.3, -0.25) is 4.79 Å². The summed E-state index contributed by atoms with van der Waals surface area (Å²) in [5.41, 5.74) is 1.25. The summed E-state index contributed by atoms with van der Waals surface area (Å²) in [6.07, 6.45) is 5.05. The lowest BCUT2D eigenvalue weighted by molar-refractivity contribution is -0.139. The second kappa shape index (κ2) is 7.89. The largest absolute Gasteiger partial charge is 0.342 e. The highest BCUT2D eigenvalue weighted by Gasteiger charge is 2.39. The van der Waals surface area contributed by atoms with Gasteiger partial charge in [0.25, 0.3) is 0 Å². The predicted molar refractivity (Wildman–Crippen MR) is 105 cm³/mol. The third kappa shape index (κ3) is 4.10. The van der Waals surface area contributed by atoms with E-state index in [-0.39, 0.29) is 11.9 Å². The van der Waals surface area contributed by atoms with Gasteiger partial charge in [-0.05, 0) is 56.2 Å². The molecule has 4 rings (SSSR count). The first-order chi connectivity index (χ1) is 13.2. The highest BCUT2D eigenvalue weighted by Crippen LogP contribution is 2.37. The normalized spacial score (nSPS) is 22.8. The number of carbonyl (C=O) groups excluding carboxylic acids is 2. The lowest BCUT2D eigenvalue weighted by atomic mass is 9.77. The van der Waals surface area contributed by atoms with Gasteiger partial charge in [-0.25, -0.2) is 4.79 Å². The van der Waals surface area contributed by atoms with E-state index in [9.17, 15) is 9.59 Å². The Hall–Kier alpha value is -2.08. The van der Waals surface area contributed by atoms with Gasteiger partial charge in [0, 0.05) is 44.3 Å². The van der Waals surface area contributed by atoms with E-state index in [1.54, 1.807) is 0 Å². The molecule has 0 bridgehead atoms. The molecule has 3 heterocycles. The maximum Gasteiger partial charge on any atom is 0.321 e. The number of nitrogens with one attached hydrogen (secondary N) is 2. The summed E-state index contributed by atoms with van der Waals surface area (Å²) in [6.45, 7) is 5.33. The van der Waals surface area contributed by atoms with E-state index in [0.29, 0.717) is 24.4 Å². The molecule has 0 saturated carbocycles. The smallest absolute Gasteiger partial charge is 0.321 e. The van der Waals surface area contributed by atoms with E-state index in [4.69, 9.17) is 0 Å². The molecule has 3 aliphatic heterocycles. The first-order valence-corrected chi connectivity index (χ1v) is 10.3. The van der Waals surface area contributed by atoms with Crippen LogP contribution in [-0.4, -0.2) is 61.0 Å². The number of urea groups is 1. The molecule has 146 valence electrons. The van der Waals surface area contributed by atoms with Crippen LogP contribution in [0.1, 0.15) is 32.1 Å². The zero-order valence-electron chi connectivity index (χ0n) is 16.0. The van der Waals surface area contributed by atoms with E-state index in [2.05, 4.69) is 15.5 Å². The number of rotatable bonds is 2. The van der Waals surface area contributed by atoms with E-state index < -0.39 is 0 Å². The lowest BCUT2D eigenvalue weighted by Crippen LogP contribution is -2.49. The van der Waals surface area contributed by atoms with Crippen LogP contribution in [0.2, 0.25) is 0 Å². The van der Waals surface area contributed by atoms with Gasteiger partial charge in [-0.2, -0.15) is 0 Å². The minimum absolute atomic E-state index is 0.0688. The lowest BCUT2D eigenvalue weighted by Gasteiger charge is -2.41. The van der Waals surface area contributed by atoms with E-state index >= 15 is 0 Å². The fraction of sp³-hybridized carbons (Fsp3) is 0.619. The molecule has 6 nitrogen and oxygen atoms in total. The summed E-state index contributed by atoms with van der Waals surface area (Å²) in [5, 5.41) is 6.41. The summed E-state index contributed by atoms with van der Waals surface area (Å²) >= 11 is 0. The Balaban J connectivity index is 1.24. The Morgan fingerprint density at radius 1 is 0.963 bits per heavy atom. The average molecular weight is 370 g/mol. The van der Waals surface area contributed by atoms with Crippen molar-refractivity contribution >= 4 is 17.6 Å². The van der Waals surface area contributed by atoms with Crippen LogP contribution in [0.5, 0.6) is 0 Å². The molecule has 6 heteroatoms. The first kappa shape index (κ1) is 18.3. The van der Waals surface area contributed by atoms with Gasteiger partial charge in [0.1, 0.15) is 0 Å². The van der Waals surface area contributed by atoms with Crippen LogP contribution < -0.4 is 10.6 Å². The predicted octanol–water partition coefficient (Wildman–Crippen LogP) is 2.53. The maximum absolute atomic E-state index is 12.9. The molecule has 0 radical (unpaired) electrons. The van der Waals surface area contributed by atoms with Crippen molar-refractivity contribution in [1.82, 2.24) is 15.1 Å². The number of anilines is 1. The fourth-order valence-electron chi connectivity index (χ4n) is 4.74. The molecule has 0 aromatic heterocycles. The molecular formula is C21H30N4O2. The van der Waals surface area contributed by atoms with Crippen LogP contribution in [0.15, 0.2) is 30.3 Å². The molecule has 2 N–H and O–H groups in total. The monoisotopic (exact) mass is 370 g/mol. The molecule has 1 aromatic carbocycles. The number of hydrogen-bond acceptors (Lipinski definition) is 3. The number of benzene rings is 1. The minimum Gasteiger partial charge on any atom is -0.342 e. The van der Waals surface area contributed by atoms with Crippen molar-refractivity contribution in [2.75, 3.05) is 44.6 Å². The minimum atomic E-state index is -0.0688. The van der Waals surface area contributed by atoms with E-state index in [1.165, 1.54) is 6.42 Å². The highest BCUT2D eigenvalue weighted by atomic mass is 16.2. The number of carbonyl (C=O) groups is 2. The van der Waals surface area contributed by atoms with Crippen molar-refractivity contribution in [2.45, 2.75) is 32.1 Å². The van der Waals surface area contributed by atoms with Crippen molar-refractivity contribution in [2.24, 2.45) is 11.3 Å². The summed E-state index contributed by atoms with van der Waals surface area (Å²) in [7, 11) is 0. The molecule has 3 fully saturated rings. The van der Waals surface area contributed by atoms with Crippen molar-refractivity contribution in [3.8, 4) is 0 Å². The third-order valence-corrected chi connectivity index (χ3v) is 6.62. The molecule has 0 aliphatic carbocycles. The van der Waals surface area contributed by atoms with Crippen molar-refractivity contribution in [1.29, 1.82) is 0 Å². The van der Waals surface area contributed by atoms with Gasteiger partial charge < -0.3 is 20.4 Å². The van der Waals surface area contributed by atoms with Gasteiger partial charge in [0.05, 0.1) is 0 Å². The third-order valence-electron chi connectivity index (χ3n) is 6.62. The Kier molecular flexibility index (Phi) is 5.34. The molecule has 27 heavy (non-hydrogen) atoms. The fourth-order valence-corrected chi connectivity index (χ4v) is 4.74. The van der Waals surface area contributed by atoms with Gasteiger partial charge >= 0.3 is 6.03 Å². The molecule has 1 aromatic rings. The van der Waals surface area contributed by atoms with E-state index in [0.717, 1.165) is 57.5 Å². The average Bonchev–Trinajstić information content (AvgIpc) is 3.17. The van der Waals surface area contributed by atoms with Crippen LogP contribution in [-0.2, 0) is 4.79 Å². The topological polar surface area (TPSA) is 64.7 Å². The quantitative estimate of drug-likeness (QED) is 0.841.